The Bertz CT molecular complexity index is 1240. The zero-order valence-electron chi connectivity index (χ0n) is 24.6. The molecule has 6 heteroatoms. The van der Waals surface area contributed by atoms with E-state index in [1.165, 1.54) is 31.3 Å². The Kier molecular flexibility index (Phi) is 5.92. The van der Waals surface area contributed by atoms with Crippen molar-refractivity contribution in [3.63, 3.8) is 0 Å². The highest BCUT2D eigenvalue weighted by atomic mass is 16.2. The molecule has 2 aliphatic carbocycles. The highest BCUT2D eigenvalue weighted by Crippen LogP contribution is 2.66. The number of amides is 3. The molecule has 0 unspecified atom stereocenters. The highest BCUT2D eigenvalue weighted by molar-refractivity contribution is 6.00. The summed E-state index contributed by atoms with van der Waals surface area (Å²) in [6, 6.07) is 7.08. The van der Waals surface area contributed by atoms with Gasteiger partial charge in [-0.15, -0.1) is 0 Å². The molecule has 1 aromatic carbocycles. The van der Waals surface area contributed by atoms with E-state index < -0.39 is 23.7 Å². The van der Waals surface area contributed by atoms with E-state index in [-0.39, 0.29) is 34.5 Å². The van der Waals surface area contributed by atoms with Gasteiger partial charge in [-0.25, -0.2) is 0 Å². The van der Waals surface area contributed by atoms with Crippen LogP contribution in [-0.4, -0.2) is 53.3 Å². The van der Waals surface area contributed by atoms with Gasteiger partial charge < -0.3 is 9.80 Å². The van der Waals surface area contributed by atoms with Crippen molar-refractivity contribution in [2.75, 3.05) is 11.9 Å². The maximum Gasteiger partial charge on any atom is 0.247 e. The van der Waals surface area contributed by atoms with Gasteiger partial charge in [-0.2, -0.15) is 0 Å². The summed E-state index contributed by atoms with van der Waals surface area (Å²) >= 11 is 0. The predicted molar refractivity (Wildman–Crippen MR) is 153 cm³/mol. The van der Waals surface area contributed by atoms with Gasteiger partial charge in [0.25, 0.3) is 0 Å². The van der Waals surface area contributed by atoms with E-state index in [1.54, 1.807) is 16.8 Å². The molecule has 3 amide bonds. The van der Waals surface area contributed by atoms with Gasteiger partial charge in [0.15, 0.2) is 0 Å². The van der Waals surface area contributed by atoms with Crippen molar-refractivity contribution < 1.29 is 14.4 Å². The monoisotopic (exact) mass is 531 g/mol. The van der Waals surface area contributed by atoms with Crippen LogP contribution in [0.2, 0.25) is 0 Å². The second kappa shape index (κ2) is 8.68. The number of rotatable bonds is 4. The Labute approximate surface area is 233 Å². The Balaban J connectivity index is 1.51. The van der Waals surface area contributed by atoms with E-state index in [4.69, 9.17) is 0 Å². The van der Waals surface area contributed by atoms with E-state index in [2.05, 4.69) is 33.4 Å². The summed E-state index contributed by atoms with van der Waals surface area (Å²) in [5.41, 5.74) is 3.16. The van der Waals surface area contributed by atoms with Crippen LogP contribution >= 0.6 is 0 Å². The summed E-state index contributed by atoms with van der Waals surface area (Å²) in [6.07, 6.45) is 7.60. The number of benzene rings is 1. The van der Waals surface area contributed by atoms with Crippen LogP contribution in [-0.2, 0) is 19.8 Å². The number of nitrogens with zero attached hydrogens (tertiary/aromatic N) is 3. The molecule has 39 heavy (non-hydrogen) atoms. The number of para-hydroxylation sites is 1. The van der Waals surface area contributed by atoms with Gasteiger partial charge in [-0.1, -0.05) is 71.4 Å². The molecular formula is C33H45N3O3. The quantitative estimate of drug-likeness (QED) is 0.380. The van der Waals surface area contributed by atoms with E-state index in [0.717, 1.165) is 30.5 Å². The van der Waals surface area contributed by atoms with Gasteiger partial charge in [0.1, 0.15) is 18.2 Å². The fourth-order valence-corrected chi connectivity index (χ4v) is 10.2. The van der Waals surface area contributed by atoms with Crippen LogP contribution in [0, 0.1) is 28.6 Å². The van der Waals surface area contributed by atoms with E-state index in [9.17, 15) is 14.4 Å². The molecule has 4 fully saturated rings. The summed E-state index contributed by atoms with van der Waals surface area (Å²) in [6.45, 7) is 16.0. The van der Waals surface area contributed by atoms with Crippen LogP contribution < -0.4 is 4.90 Å². The molecule has 0 N–H and O–H groups in total. The van der Waals surface area contributed by atoms with Crippen LogP contribution in [0.15, 0.2) is 36.4 Å². The third-order valence-corrected chi connectivity index (χ3v) is 11.8. The van der Waals surface area contributed by atoms with Crippen LogP contribution in [0.4, 0.5) is 5.69 Å². The smallest absolute Gasteiger partial charge is 0.247 e. The van der Waals surface area contributed by atoms with E-state index >= 15 is 0 Å². The first-order valence-corrected chi connectivity index (χ1v) is 15.0. The van der Waals surface area contributed by atoms with Crippen LogP contribution in [0.25, 0.3) is 0 Å². The maximum atomic E-state index is 14.2. The van der Waals surface area contributed by atoms with Crippen LogP contribution in [0.5, 0.6) is 0 Å². The van der Waals surface area contributed by atoms with E-state index in [0.29, 0.717) is 12.3 Å². The molecule has 2 saturated carbocycles. The fraction of sp³-hybridized carbons (Fsp3) is 0.667. The molecule has 0 radical (unpaired) electrons. The molecule has 6 nitrogen and oxygen atoms in total. The Morgan fingerprint density at radius 2 is 1.82 bits per heavy atom. The Morgan fingerprint density at radius 1 is 1.10 bits per heavy atom. The number of carbonyl (C=O) groups excluding carboxylic acids is 3. The average Bonchev–Trinajstić information content (AvgIpc) is 3.34. The molecule has 0 aromatic heterocycles. The summed E-state index contributed by atoms with van der Waals surface area (Å²) in [7, 11) is 1.77. The molecule has 3 aliphatic heterocycles. The minimum Gasteiger partial charge on any atom is -0.332 e. The van der Waals surface area contributed by atoms with Gasteiger partial charge in [0, 0.05) is 18.2 Å². The minimum absolute atomic E-state index is 0.00392. The number of hydrogen-bond donors (Lipinski definition) is 0. The Morgan fingerprint density at radius 3 is 2.51 bits per heavy atom. The second-order valence-electron chi connectivity index (χ2n) is 14.5. The predicted octanol–water partition coefficient (Wildman–Crippen LogP) is 5.51. The van der Waals surface area contributed by atoms with Crippen molar-refractivity contribution in [1.29, 1.82) is 0 Å². The van der Waals surface area contributed by atoms with Crippen LogP contribution in [0.3, 0.4) is 0 Å². The highest BCUT2D eigenvalue weighted by Gasteiger charge is 2.68. The molecule has 5 aliphatic rings. The zero-order chi connectivity index (χ0) is 28.1. The zero-order valence-corrected chi connectivity index (χ0v) is 24.6. The summed E-state index contributed by atoms with van der Waals surface area (Å²) in [4.78, 5) is 46.1. The van der Waals surface area contributed by atoms with Crippen molar-refractivity contribution in [3.8, 4) is 0 Å². The summed E-state index contributed by atoms with van der Waals surface area (Å²) in [5, 5.41) is 0. The number of carbonyl (C=O) groups is 3. The van der Waals surface area contributed by atoms with Gasteiger partial charge in [-0.3, -0.25) is 19.3 Å². The lowest BCUT2D eigenvalue weighted by Gasteiger charge is -2.59. The lowest BCUT2D eigenvalue weighted by Crippen LogP contribution is -2.66. The van der Waals surface area contributed by atoms with Crippen LogP contribution in [0.1, 0.15) is 85.1 Å². The molecule has 6 rings (SSSR count). The normalized spacial score (nSPS) is 39.0. The van der Waals surface area contributed by atoms with Gasteiger partial charge in [0.2, 0.25) is 18.2 Å². The molecule has 2 saturated heterocycles. The first-order chi connectivity index (χ1) is 18.4. The first kappa shape index (κ1) is 26.6. The number of piperazine rings is 1. The average molecular weight is 532 g/mol. The van der Waals surface area contributed by atoms with Crippen molar-refractivity contribution in [1.82, 2.24) is 9.80 Å². The van der Waals surface area contributed by atoms with E-state index in [1.807, 2.05) is 36.9 Å². The Hall–Kier alpha value is -2.63. The molecule has 3 heterocycles. The topological polar surface area (TPSA) is 60.9 Å². The third kappa shape index (κ3) is 3.42. The summed E-state index contributed by atoms with van der Waals surface area (Å²) < 4.78 is 0. The second-order valence-corrected chi connectivity index (χ2v) is 14.5. The molecule has 210 valence electrons. The SMILES string of the molecule is C=C1CC[C@H]2C(C)(C)CCC[C@]2(C)[C@H]1C[C@@]12C[C@H]3C(=O)N(C)[C@H](C(C)C)C(=O)N3[C@@H]1N(C=O)c1ccccc12. The molecule has 7 atom stereocenters. The minimum atomic E-state index is -0.554. The maximum absolute atomic E-state index is 14.2. The number of likely N-dealkylation sites (N-methyl/N-ethyl adjacent to an activating group) is 1. The molecule has 1 aromatic rings. The number of fused-ring (bicyclic) bond motifs is 6. The lowest BCUT2D eigenvalue weighted by molar-refractivity contribution is -0.161. The van der Waals surface area contributed by atoms with Crippen molar-refractivity contribution >= 4 is 23.9 Å². The van der Waals surface area contributed by atoms with Crippen molar-refractivity contribution in [2.24, 2.45) is 28.6 Å². The van der Waals surface area contributed by atoms with Gasteiger partial charge in [-0.05, 0) is 78.7 Å². The fourth-order valence-electron chi connectivity index (χ4n) is 10.2. The molecule has 0 bridgehead atoms. The number of anilines is 1. The third-order valence-electron chi connectivity index (χ3n) is 11.8. The summed E-state index contributed by atoms with van der Waals surface area (Å²) in [5.74, 6) is 0.817. The van der Waals surface area contributed by atoms with Gasteiger partial charge in [0.05, 0.1) is 0 Å². The van der Waals surface area contributed by atoms with Gasteiger partial charge >= 0.3 is 0 Å². The molecular weight excluding hydrogens is 486 g/mol. The first-order valence-electron chi connectivity index (χ1n) is 15.0. The lowest BCUT2D eigenvalue weighted by atomic mass is 9.46. The standard InChI is InChI=1S/C33H45N3O3/c1-20(2)27-29(39)36-25(28(38)34(27)7)18-33(22-11-8-9-12-24(22)35(19-37)30(33)36)17-23-21(3)13-14-26-31(4,5)15-10-16-32(23,26)6/h8-9,11-12,19-20,23,25-27,30H,3,10,13-18H2,1-2,4-7H3/t23-,25-,26-,27+,30-,32+,33-/m0/s1. The largest absolute Gasteiger partial charge is 0.332 e. The van der Waals surface area contributed by atoms with Crippen molar-refractivity contribution in [2.45, 2.75) is 103 Å². The number of hydrogen-bond acceptors (Lipinski definition) is 3. The number of allylic oxidation sites excluding steroid dienone is 1. The molecule has 0 spiro atoms. The van der Waals surface area contributed by atoms with Crippen molar-refractivity contribution in [3.05, 3.63) is 42.0 Å².